The summed E-state index contributed by atoms with van der Waals surface area (Å²) in [6.07, 6.45) is 5.62. The first-order valence-corrected chi connectivity index (χ1v) is 13.5. The topological polar surface area (TPSA) is 119 Å². The molecular formula is C26H30FN2O6S+. The van der Waals surface area contributed by atoms with Crippen molar-refractivity contribution in [1.82, 2.24) is 4.90 Å². The van der Waals surface area contributed by atoms with Crippen molar-refractivity contribution in [1.29, 1.82) is 0 Å². The third-order valence-corrected chi connectivity index (χ3v) is 8.74. The van der Waals surface area contributed by atoms with Gasteiger partial charge in [-0.15, -0.1) is 0 Å². The molecule has 0 amide bonds. The summed E-state index contributed by atoms with van der Waals surface area (Å²) < 4.78 is 46.7. The Morgan fingerprint density at radius 3 is 2.78 bits per heavy atom. The van der Waals surface area contributed by atoms with Crippen molar-refractivity contribution in [2.24, 2.45) is 5.92 Å². The largest absolute Gasteiger partial charge is 0.492 e. The van der Waals surface area contributed by atoms with Crippen molar-refractivity contribution in [3.05, 3.63) is 58.9 Å². The highest BCUT2D eigenvalue weighted by atomic mass is 32.3. The van der Waals surface area contributed by atoms with Crippen LogP contribution in [-0.2, 0) is 14.6 Å². The van der Waals surface area contributed by atoms with Gasteiger partial charge in [0.25, 0.3) is 0 Å². The molecule has 3 aliphatic rings. The van der Waals surface area contributed by atoms with Crippen molar-refractivity contribution < 1.29 is 32.9 Å². The lowest BCUT2D eigenvalue weighted by Gasteiger charge is -2.35. The Hall–Kier alpha value is -2.79. The molecule has 2 fully saturated rings. The molecular weight excluding hydrogens is 487 g/mol. The van der Waals surface area contributed by atoms with Crippen molar-refractivity contribution in [3.63, 3.8) is 0 Å². The monoisotopic (exact) mass is 517 g/mol. The smallest absolute Gasteiger partial charge is 0.346 e. The van der Waals surface area contributed by atoms with Crippen LogP contribution in [0.15, 0.2) is 41.3 Å². The Balaban J connectivity index is 1.39. The fourth-order valence-corrected chi connectivity index (χ4v) is 6.28. The number of anilines is 1. The molecule has 0 aromatic heterocycles. The third kappa shape index (κ3) is 5.04. The molecule has 5 rings (SSSR count). The van der Waals surface area contributed by atoms with E-state index in [1.165, 1.54) is 18.2 Å². The molecule has 3 atom stereocenters. The molecule has 4 N–H and O–H groups in total. The summed E-state index contributed by atoms with van der Waals surface area (Å²) >= 11 is 0. The number of nitrogens with one attached hydrogen (secondary N) is 1. The van der Waals surface area contributed by atoms with E-state index in [1.54, 1.807) is 18.2 Å². The summed E-state index contributed by atoms with van der Waals surface area (Å²) in [4.78, 5) is 14.2. The van der Waals surface area contributed by atoms with Crippen LogP contribution in [0.3, 0.4) is 0 Å². The van der Waals surface area contributed by atoms with Crippen LogP contribution in [-0.4, -0.2) is 57.5 Å². The number of hydrogen-bond acceptors (Lipinski definition) is 5. The fourth-order valence-electron chi connectivity index (χ4n) is 5.00. The Morgan fingerprint density at radius 1 is 1.31 bits per heavy atom. The van der Waals surface area contributed by atoms with Crippen LogP contribution in [0.25, 0.3) is 6.08 Å². The fraction of sp³-hybridized carbons (Fsp3) is 0.423. The first-order chi connectivity index (χ1) is 17.0. The zero-order valence-electron chi connectivity index (χ0n) is 19.9. The average molecular weight is 518 g/mol. The van der Waals surface area contributed by atoms with Crippen molar-refractivity contribution in [2.75, 3.05) is 31.0 Å². The number of carbonyl (C=O) groups is 1. The number of fused-ring (bicyclic) bond motifs is 3. The lowest BCUT2D eigenvalue weighted by Crippen LogP contribution is -2.42. The van der Waals surface area contributed by atoms with E-state index >= 15 is 0 Å². The second-order valence-corrected chi connectivity index (χ2v) is 11.8. The Morgan fingerprint density at radius 2 is 2.06 bits per heavy atom. The highest BCUT2D eigenvalue weighted by Gasteiger charge is 2.46. The summed E-state index contributed by atoms with van der Waals surface area (Å²) in [7, 11) is -4.00. The van der Waals surface area contributed by atoms with Gasteiger partial charge < -0.3 is 14.9 Å². The third-order valence-electron chi connectivity index (χ3n) is 7.28. The first-order valence-electron chi connectivity index (χ1n) is 12.0. The van der Waals surface area contributed by atoms with Crippen LogP contribution < -0.4 is 9.46 Å². The van der Waals surface area contributed by atoms with Crippen LogP contribution in [0.5, 0.6) is 5.75 Å². The number of nitrogens with zero attached hydrogens (tertiary/aromatic N) is 1. The maximum Gasteiger partial charge on any atom is 0.346 e. The summed E-state index contributed by atoms with van der Waals surface area (Å²) in [5.74, 6) is -0.925. The summed E-state index contributed by atoms with van der Waals surface area (Å²) in [5.41, 5.74) is 0.141. The molecule has 36 heavy (non-hydrogen) atoms. The van der Waals surface area contributed by atoms with Gasteiger partial charge in [-0.25, -0.2) is 9.18 Å². The van der Waals surface area contributed by atoms with E-state index in [9.17, 15) is 28.2 Å². The molecule has 2 aliphatic heterocycles. The Kier molecular flexibility index (Phi) is 6.40. The van der Waals surface area contributed by atoms with E-state index in [0.717, 1.165) is 18.1 Å². The van der Waals surface area contributed by atoms with Crippen LogP contribution in [0.1, 0.15) is 53.6 Å². The number of ether oxygens (including phenoxy) is 1. The van der Waals surface area contributed by atoms with Gasteiger partial charge in [0, 0.05) is 37.2 Å². The molecule has 8 nitrogen and oxygen atoms in total. The predicted molar refractivity (Wildman–Crippen MR) is 134 cm³/mol. The van der Waals surface area contributed by atoms with Crippen LogP contribution in [0, 0.1) is 11.7 Å². The highest BCUT2D eigenvalue weighted by Crippen LogP contribution is 2.55. The number of aromatic carboxylic acids is 1. The maximum atomic E-state index is 14.1. The number of carboxylic acids is 1. The van der Waals surface area contributed by atoms with E-state index in [0.29, 0.717) is 45.0 Å². The SMILES string of the molecule is CC1(O)CCN(C/C=C\c2cc(F)ccc2[S+](=O)(O)Nc2ccc3c(c2C(=O)O)OC[C@@H]2C[C@H]32)CC1. The van der Waals surface area contributed by atoms with E-state index in [-0.39, 0.29) is 33.4 Å². The van der Waals surface area contributed by atoms with Crippen molar-refractivity contribution >= 4 is 28.1 Å². The Bertz CT molecular complexity index is 1270. The van der Waals surface area contributed by atoms with Crippen molar-refractivity contribution in [3.8, 4) is 5.75 Å². The molecule has 192 valence electrons. The van der Waals surface area contributed by atoms with E-state index in [4.69, 9.17) is 4.74 Å². The van der Waals surface area contributed by atoms with Crippen LogP contribution in [0.4, 0.5) is 10.1 Å². The van der Waals surface area contributed by atoms with Gasteiger partial charge in [-0.1, -0.05) is 18.2 Å². The second-order valence-electron chi connectivity index (χ2n) is 10.1. The first kappa shape index (κ1) is 24.9. The molecule has 1 unspecified atom stereocenters. The summed E-state index contributed by atoms with van der Waals surface area (Å²) in [5, 5.41) is 20.0. The van der Waals surface area contributed by atoms with Gasteiger partial charge in [-0.05, 0) is 60.1 Å². The molecule has 0 spiro atoms. The number of hydrogen-bond donors (Lipinski definition) is 4. The van der Waals surface area contributed by atoms with E-state index in [1.807, 2.05) is 6.92 Å². The zero-order valence-corrected chi connectivity index (χ0v) is 20.8. The minimum atomic E-state index is -4.00. The van der Waals surface area contributed by atoms with Gasteiger partial charge in [-0.2, -0.15) is 9.27 Å². The number of halogens is 1. The zero-order chi connectivity index (χ0) is 25.7. The lowest BCUT2D eigenvalue weighted by molar-refractivity contribution is -0.00242. The second kappa shape index (κ2) is 9.26. The number of carboxylic acid groups (broad SMARTS) is 1. The number of rotatable bonds is 7. The van der Waals surface area contributed by atoms with E-state index in [2.05, 4.69) is 9.62 Å². The number of aliphatic hydroxyl groups is 1. The highest BCUT2D eigenvalue weighted by molar-refractivity contribution is 7.99. The van der Waals surface area contributed by atoms with Gasteiger partial charge in [0.15, 0.2) is 0 Å². The molecule has 2 aromatic rings. The number of benzene rings is 2. The summed E-state index contributed by atoms with van der Waals surface area (Å²) in [6, 6.07) is 6.73. The molecule has 2 aromatic carbocycles. The lowest BCUT2D eigenvalue weighted by atomic mass is 9.94. The van der Waals surface area contributed by atoms with Gasteiger partial charge in [0.1, 0.15) is 22.8 Å². The standard InChI is InChI=1S/C26H29FN2O6S/c1-26(32)8-11-29(12-9-26)10-2-3-16-13-18(27)4-7-22(16)36(33,34)28-21-6-5-19-20-14-17(20)15-35-24(19)23(21)25(30)31/h2-7,13,17,20,32H,8-12,14-15H2,1H3,(H2-,28,30,31,33,34)/p+1/b3-2-/t17-,20-/m0/s1. The maximum absolute atomic E-state index is 14.1. The Labute approximate surface area is 210 Å². The molecule has 1 saturated heterocycles. The number of piperidine rings is 1. The molecule has 2 heterocycles. The van der Waals surface area contributed by atoms with Gasteiger partial charge in [-0.3, -0.25) is 4.90 Å². The molecule has 10 heteroatoms. The predicted octanol–water partition coefficient (Wildman–Crippen LogP) is 4.24. The minimum Gasteiger partial charge on any atom is -0.492 e. The molecule has 1 saturated carbocycles. The molecule has 0 bridgehead atoms. The van der Waals surface area contributed by atoms with Crippen LogP contribution in [0.2, 0.25) is 0 Å². The molecule has 0 radical (unpaired) electrons. The van der Waals surface area contributed by atoms with Crippen molar-refractivity contribution in [2.45, 2.75) is 42.6 Å². The van der Waals surface area contributed by atoms with Gasteiger partial charge in [0.2, 0.25) is 4.90 Å². The van der Waals surface area contributed by atoms with E-state index < -0.39 is 27.8 Å². The number of likely N-dealkylation sites (tertiary alicyclic amines) is 1. The van der Waals surface area contributed by atoms with Gasteiger partial charge >= 0.3 is 16.4 Å². The summed E-state index contributed by atoms with van der Waals surface area (Å²) in [6.45, 7) is 4.21. The molecule has 1 aliphatic carbocycles. The van der Waals surface area contributed by atoms with Gasteiger partial charge in [0.05, 0.1) is 12.2 Å². The quantitative estimate of drug-likeness (QED) is 0.406. The average Bonchev–Trinajstić information content (AvgIpc) is 3.59. The minimum absolute atomic E-state index is 0.0347. The van der Waals surface area contributed by atoms with Crippen LogP contribution >= 0.6 is 0 Å². The normalized spacial score (nSPS) is 24.3.